The first-order valence-electron chi connectivity index (χ1n) is 9.91. The number of rotatable bonds is 4. The molecule has 1 heterocycles. The van der Waals surface area contributed by atoms with Gasteiger partial charge in [-0.15, -0.1) is 6.58 Å². The fourth-order valence-corrected chi connectivity index (χ4v) is 3.50. The summed E-state index contributed by atoms with van der Waals surface area (Å²) >= 11 is 5.27. The Hall–Kier alpha value is -4.21. The summed E-state index contributed by atoms with van der Waals surface area (Å²) in [6, 6.07) is 21.9. The van der Waals surface area contributed by atoms with Crippen LogP contribution in [0.4, 0.5) is 5.69 Å². The fourth-order valence-electron chi connectivity index (χ4n) is 3.23. The number of aromatic amines is 1. The van der Waals surface area contributed by atoms with Crippen LogP contribution in [-0.4, -0.2) is 15.5 Å². The number of benzene rings is 3. The minimum absolute atomic E-state index is 0.222. The first-order chi connectivity index (χ1) is 15.5. The number of aromatic nitrogens is 2. The molecule has 156 valence electrons. The van der Waals surface area contributed by atoms with Gasteiger partial charge in [-0.3, -0.25) is 14.2 Å². The smallest absolute Gasteiger partial charge is 0.262 e. The van der Waals surface area contributed by atoms with Crippen molar-refractivity contribution in [3.8, 4) is 11.8 Å². The van der Waals surface area contributed by atoms with Gasteiger partial charge in [-0.25, -0.2) is 0 Å². The van der Waals surface area contributed by atoms with Gasteiger partial charge in [0.25, 0.3) is 11.5 Å². The highest BCUT2D eigenvalue weighted by molar-refractivity contribution is 7.71. The molecule has 0 saturated heterocycles. The van der Waals surface area contributed by atoms with Crippen molar-refractivity contribution in [1.29, 1.82) is 0 Å². The number of carbonyl (C=O) groups excluding carboxylic acids is 1. The van der Waals surface area contributed by atoms with E-state index in [1.165, 1.54) is 4.57 Å². The van der Waals surface area contributed by atoms with Crippen LogP contribution < -0.4 is 10.9 Å². The minimum Gasteiger partial charge on any atom is -0.332 e. The molecule has 2 N–H and O–H groups in total. The van der Waals surface area contributed by atoms with Gasteiger partial charge in [-0.2, -0.15) is 0 Å². The number of nitrogens with one attached hydrogen (secondary N) is 2. The molecule has 0 radical (unpaired) electrons. The average molecular weight is 438 g/mol. The van der Waals surface area contributed by atoms with Gasteiger partial charge >= 0.3 is 0 Å². The van der Waals surface area contributed by atoms with Gasteiger partial charge in [0.1, 0.15) is 0 Å². The topological polar surface area (TPSA) is 66.9 Å². The molecule has 0 saturated carbocycles. The highest BCUT2D eigenvalue weighted by Gasteiger charge is 2.10. The number of amides is 1. The van der Waals surface area contributed by atoms with Crippen LogP contribution in [0.1, 0.15) is 21.5 Å². The fraction of sp³-hybridized carbons (Fsp3) is 0.0385. The van der Waals surface area contributed by atoms with Crippen molar-refractivity contribution in [2.75, 3.05) is 5.32 Å². The van der Waals surface area contributed by atoms with E-state index in [1.807, 2.05) is 48.5 Å². The Morgan fingerprint density at radius 1 is 1.03 bits per heavy atom. The molecule has 6 heteroatoms. The lowest BCUT2D eigenvalue weighted by molar-refractivity contribution is 0.102. The summed E-state index contributed by atoms with van der Waals surface area (Å²) in [5.41, 5.74) is 3.03. The van der Waals surface area contributed by atoms with Crippen LogP contribution in [0.25, 0.3) is 10.9 Å². The maximum absolute atomic E-state index is 12.8. The summed E-state index contributed by atoms with van der Waals surface area (Å²) in [5.74, 6) is 5.91. The molecule has 4 aromatic rings. The Morgan fingerprint density at radius 2 is 1.78 bits per heavy atom. The summed E-state index contributed by atoms with van der Waals surface area (Å²) in [5, 5.41) is 3.33. The van der Waals surface area contributed by atoms with E-state index in [0.717, 1.165) is 11.1 Å². The second kappa shape index (κ2) is 9.29. The SMILES string of the molecule is C=CCn1c(=S)[nH]c2cc(C(=O)Nc3cccc(C#Cc4ccccc4)c3)ccc2c1=O. The molecule has 1 amide bonds. The predicted octanol–water partition coefficient (Wildman–Crippen LogP) is 4.90. The van der Waals surface area contributed by atoms with E-state index in [9.17, 15) is 9.59 Å². The maximum Gasteiger partial charge on any atom is 0.262 e. The number of anilines is 1. The van der Waals surface area contributed by atoms with Crippen LogP contribution in [0.15, 0.2) is 90.2 Å². The van der Waals surface area contributed by atoms with Gasteiger partial charge in [0.05, 0.1) is 10.9 Å². The van der Waals surface area contributed by atoms with Gasteiger partial charge in [-0.05, 0) is 60.7 Å². The molecule has 0 unspecified atom stereocenters. The van der Waals surface area contributed by atoms with Crippen LogP contribution in [0.5, 0.6) is 0 Å². The third-order valence-corrected chi connectivity index (χ3v) is 5.12. The predicted molar refractivity (Wildman–Crippen MR) is 130 cm³/mol. The average Bonchev–Trinajstić information content (AvgIpc) is 2.81. The number of hydrogen-bond acceptors (Lipinski definition) is 3. The van der Waals surface area contributed by atoms with E-state index >= 15 is 0 Å². The Labute approximate surface area is 190 Å². The molecular weight excluding hydrogens is 418 g/mol. The highest BCUT2D eigenvalue weighted by atomic mass is 32.1. The lowest BCUT2D eigenvalue weighted by Crippen LogP contribution is -2.22. The molecule has 0 atom stereocenters. The Balaban J connectivity index is 1.58. The third-order valence-electron chi connectivity index (χ3n) is 4.80. The van der Waals surface area contributed by atoms with Gasteiger partial charge in [-0.1, -0.05) is 42.2 Å². The molecule has 0 aliphatic rings. The molecule has 3 aromatic carbocycles. The summed E-state index contributed by atoms with van der Waals surface area (Å²) < 4.78 is 1.71. The molecule has 0 aliphatic heterocycles. The lowest BCUT2D eigenvalue weighted by atomic mass is 10.1. The van der Waals surface area contributed by atoms with Crippen molar-refractivity contribution in [3.05, 3.63) is 117 Å². The van der Waals surface area contributed by atoms with Gasteiger partial charge in [0, 0.05) is 28.9 Å². The maximum atomic E-state index is 12.8. The second-order valence-electron chi connectivity index (χ2n) is 7.05. The number of H-pyrrole nitrogens is 1. The van der Waals surface area contributed by atoms with Crippen LogP contribution in [0.2, 0.25) is 0 Å². The van der Waals surface area contributed by atoms with Crippen molar-refractivity contribution < 1.29 is 4.79 Å². The van der Waals surface area contributed by atoms with Crippen LogP contribution >= 0.6 is 12.2 Å². The van der Waals surface area contributed by atoms with Crippen LogP contribution in [0, 0.1) is 16.6 Å². The van der Waals surface area contributed by atoms with E-state index < -0.39 is 0 Å². The number of carbonyl (C=O) groups is 1. The summed E-state index contributed by atoms with van der Waals surface area (Å²) in [4.78, 5) is 28.4. The normalized spacial score (nSPS) is 10.2. The molecule has 5 nitrogen and oxygen atoms in total. The Morgan fingerprint density at radius 3 is 2.56 bits per heavy atom. The number of nitrogens with zero attached hydrogens (tertiary/aromatic N) is 1. The van der Waals surface area contributed by atoms with Crippen molar-refractivity contribution in [2.24, 2.45) is 0 Å². The van der Waals surface area contributed by atoms with Crippen molar-refractivity contribution in [2.45, 2.75) is 6.54 Å². The van der Waals surface area contributed by atoms with E-state index in [2.05, 4.69) is 28.7 Å². The van der Waals surface area contributed by atoms with Crippen molar-refractivity contribution >= 4 is 34.7 Å². The molecule has 4 rings (SSSR count). The van der Waals surface area contributed by atoms with E-state index in [-0.39, 0.29) is 16.2 Å². The van der Waals surface area contributed by atoms with Crippen LogP contribution in [0.3, 0.4) is 0 Å². The minimum atomic E-state index is -0.297. The van der Waals surface area contributed by atoms with E-state index in [4.69, 9.17) is 12.2 Å². The number of allylic oxidation sites excluding steroid dienone is 1. The largest absolute Gasteiger partial charge is 0.332 e. The molecule has 32 heavy (non-hydrogen) atoms. The highest BCUT2D eigenvalue weighted by Crippen LogP contribution is 2.15. The van der Waals surface area contributed by atoms with Gasteiger partial charge in [0.2, 0.25) is 0 Å². The van der Waals surface area contributed by atoms with Gasteiger partial charge < -0.3 is 10.3 Å². The van der Waals surface area contributed by atoms with E-state index in [0.29, 0.717) is 28.7 Å². The van der Waals surface area contributed by atoms with Crippen molar-refractivity contribution in [1.82, 2.24) is 9.55 Å². The summed E-state index contributed by atoms with van der Waals surface area (Å²) in [6.45, 7) is 3.96. The van der Waals surface area contributed by atoms with Gasteiger partial charge in [0.15, 0.2) is 4.77 Å². The number of fused-ring (bicyclic) bond motifs is 1. The molecule has 0 bridgehead atoms. The third kappa shape index (κ3) is 4.59. The standard InChI is InChI=1S/C26H19N3O2S/c1-2-15-29-25(31)22-14-13-20(17-23(22)28-26(29)32)24(30)27-21-10-6-9-19(16-21)12-11-18-7-4-3-5-8-18/h2-10,13-14,16-17H,1,15H2,(H,27,30)(H,28,32). The first kappa shape index (κ1) is 21.0. The zero-order valence-corrected chi connectivity index (χ0v) is 17.9. The number of hydrogen-bond donors (Lipinski definition) is 2. The quantitative estimate of drug-likeness (QED) is 0.271. The Kier molecular flexibility index (Phi) is 6.11. The molecule has 0 aliphatic carbocycles. The molecular formula is C26H19N3O2S. The first-order valence-corrected chi connectivity index (χ1v) is 10.3. The molecule has 1 aromatic heterocycles. The van der Waals surface area contributed by atoms with Crippen LogP contribution in [-0.2, 0) is 6.54 Å². The monoisotopic (exact) mass is 437 g/mol. The summed E-state index contributed by atoms with van der Waals surface area (Å²) in [7, 11) is 0. The van der Waals surface area contributed by atoms with E-state index in [1.54, 1.807) is 30.3 Å². The molecule has 0 spiro atoms. The van der Waals surface area contributed by atoms with Crippen molar-refractivity contribution in [3.63, 3.8) is 0 Å². The zero-order chi connectivity index (χ0) is 22.5. The zero-order valence-electron chi connectivity index (χ0n) is 17.1. The second-order valence-corrected chi connectivity index (χ2v) is 7.43. The molecule has 0 fully saturated rings. The summed E-state index contributed by atoms with van der Waals surface area (Å²) in [6.07, 6.45) is 1.61. The lowest BCUT2D eigenvalue weighted by Gasteiger charge is -2.08. The Bertz CT molecular complexity index is 1510.